The van der Waals surface area contributed by atoms with Crippen LogP contribution in [0.3, 0.4) is 0 Å². The molecular formula is C26H32N6O4. The molecule has 2 aromatic heterocycles. The van der Waals surface area contributed by atoms with Crippen molar-refractivity contribution in [2.45, 2.75) is 38.0 Å². The number of ketones is 1. The first-order chi connectivity index (χ1) is 17.4. The zero-order valence-corrected chi connectivity index (χ0v) is 21.0. The van der Waals surface area contributed by atoms with Gasteiger partial charge >= 0.3 is 0 Å². The number of likely N-dealkylation sites (tertiary alicyclic amines) is 1. The Bertz CT molecular complexity index is 1320. The van der Waals surface area contributed by atoms with E-state index in [0.29, 0.717) is 41.6 Å². The molecule has 1 saturated carbocycles. The van der Waals surface area contributed by atoms with Crippen LogP contribution in [0.25, 0.3) is 11.0 Å². The number of methoxy groups -OCH3 is 1. The van der Waals surface area contributed by atoms with Crippen LogP contribution in [0, 0.1) is 5.92 Å². The van der Waals surface area contributed by atoms with Gasteiger partial charge in [-0.05, 0) is 37.8 Å². The van der Waals surface area contributed by atoms with Gasteiger partial charge in [-0.3, -0.25) is 14.4 Å². The van der Waals surface area contributed by atoms with Crippen LogP contribution in [0.2, 0.25) is 0 Å². The first kappa shape index (κ1) is 24.2. The first-order valence-corrected chi connectivity index (χ1v) is 12.5. The molecule has 1 aromatic carbocycles. The van der Waals surface area contributed by atoms with Crippen LogP contribution in [0.4, 0.5) is 5.69 Å². The van der Waals surface area contributed by atoms with Crippen LogP contribution in [0.1, 0.15) is 64.8 Å². The van der Waals surface area contributed by atoms with Crippen molar-refractivity contribution < 1.29 is 19.1 Å². The number of nitrogens with one attached hydrogen (secondary N) is 1. The molecule has 2 aliphatic rings. The van der Waals surface area contributed by atoms with Gasteiger partial charge in [0.25, 0.3) is 5.91 Å². The lowest BCUT2D eigenvalue weighted by Gasteiger charge is -2.32. The van der Waals surface area contributed by atoms with Crippen LogP contribution in [0.5, 0.6) is 0 Å². The minimum atomic E-state index is -0.305. The lowest BCUT2D eigenvalue weighted by molar-refractivity contribution is -0.119. The Kier molecular flexibility index (Phi) is 6.61. The molecule has 190 valence electrons. The molecule has 10 nitrogen and oxygen atoms in total. The molecule has 2 amide bonds. The van der Waals surface area contributed by atoms with E-state index in [1.807, 2.05) is 17.7 Å². The topological polar surface area (TPSA) is 111 Å². The van der Waals surface area contributed by atoms with E-state index in [0.717, 1.165) is 37.0 Å². The normalized spacial score (nSPS) is 18.3. The third kappa shape index (κ3) is 4.41. The Labute approximate surface area is 209 Å². The number of fused-ring (bicyclic) bond motifs is 1. The second kappa shape index (κ2) is 9.85. The van der Waals surface area contributed by atoms with Gasteiger partial charge in [0.1, 0.15) is 12.4 Å². The number of hydrogen-bond acceptors (Lipinski definition) is 6. The van der Waals surface area contributed by atoms with Crippen molar-refractivity contribution in [3.63, 3.8) is 0 Å². The quantitative estimate of drug-likeness (QED) is 0.508. The molecule has 1 aliphatic carbocycles. The number of ether oxygens (including phenoxy) is 1. The van der Waals surface area contributed by atoms with E-state index in [2.05, 4.69) is 10.3 Å². The highest BCUT2D eigenvalue weighted by atomic mass is 16.5. The Balaban J connectivity index is 1.49. The third-order valence-electron chi connectivity index (χ3n) is 7.38. The molecule has 1 N–H and O–H groups in total. The summed E-state index contributed by atoms with van der Waals surface area (Å²) < 4.78 is 8.68. The Morgan fingerprint density at radius 3 is 2.61 bits per heavy atom. The smallest absolute Gasteiger partial charge is 0.256 e. The van der Waals surface area contributed by atoms with Gasteiger partial charge in [-0.2, -0.15) is 0 Å². The molecule has 1 saturated heterocycles. The number of rotatable bonds is 7. The lowest BCUT2D eigenvalue weighted by Crippen LogP contribution is -2.43. The number of hydrogen-bond donors (Lipinski definition) is 1. The van der Waals surface area contributed by atoms with E-state index in [9.17, 15) is 14.4 Å². The molecule has 36 heavy (non-hydrogen) atoms. The minimum Gasteiger partial charge on any atom is -0.375 e. The van der Waals surface area contributed by atoms with Crippen LogP contribution in [-0.4, -0.2) is 68.4 Å². The van der Waals surface area contributed by atoms with Gasteiger partial charge in [-0.1, -0.05) is 6.42 Å². The van der Waals surface area contributed by atoms with E-state index < -0.39 is 0 Å². The third-order valence-corrected chi connectivity index (χ3v) is 7.38. The number of piperidine rings is 1. The molecule has 5 rings (SSSR count). The molecule has 0 unspecified atom stereocenters. The van der Waals surface area contributed by atoms with Gasteiger partial charge in [-0.15, -0.1) is 0 Å². The lowest BCUT2D eigenvalue weighted by atomic mass is 9.85. The molecule has 0 bridgehead atoms. The number of carbonyl (C=O) groups is 3. The van der Waals surface area contributed by atoms with Crippen LogP contribution in [-0.2, 0) is 23.6 Å². The number of carbonyl (C=O) groups excluding carboxylic acids is 3. The van der Waals surface area contributed by atoms with Crippen LogP contribution >= 0.6 is 0 Å². The number of aromatic nitrogens is 4. The number of aryl methyl sites for hydroxylation is 2. The Morgan fingerprint density at radius 2 is 1.94 bits per heavy atom. The van der Waals surface area contributed by atoms with E-state index in [4.69, 9.17) is 9.72 Å². The summed E-state index contributed by atoms with van der Waals surface area (Å²) in [5, 5.41) is 2.82. The van der Waals surface area contributed by atoms with Crippen molar-refractivity contribution in [1.82, 2.24) is 24.0 Å². The summed E-state index contributed by atoms with van der Waals surface area (Å²) in [6.07, 6.45) is 8.16. The number of anilines is 1. The molecule has 10 heteroatoms. The van der Waals surface area contributed by atoms with Crippen molar-refractivity contribution >= 4 is 34.3 Å². The SMILES string of the molecule is COCC(=O)Nc1cc(C(=O)N2CCC[C@H](C(=O)c3nccn3C)C2)c2c(c1)nc(C1CCC1)n2C. The predicted octanol–water partition coefficient (Wildman–Crippen LogP) is 2.89. The summed E-state index contributed by atoms with van der Waals surface area (Å²) in [5.74, 6) is 0.946. The van der Waals surface area contributed by atoms with E-state index in [1.54, 1.807) is 35.0 Å². The molecule has 2 fully saturated rings. The van der Waals surface area contributed by atoms with E-state index >= 15 is 0 Å². The van der Waals surface area contributed by atoms with Crippen molar-refractivity contribution in [2.24, 2.45) is 20.0 Å². The van der Waals surface area contributed by atoms with Gasteiger partial charge in [-0.25, -0.2) is 9.97 Å². The van der Waals surface area contributed by atoms with Gasteiger partial charge < -0.3 is 24.1 Å². The molecular weight excluding hydrogens is 460 g/mol. The highest BCUT2D eigenvalue weighted by Crippen LogP contribution is 2.38. The average molecular weight is 493 g/mol. The maximum Gasteiger partial charge on any atom is 0.256 e. The minimum absolute atomic E-state index is 0.0430. The van der Waals surface area contributed by atoms with Crippen LogP contribution < -0.4 is 5.32 Å². The maximum absolute atomic E-state index is 13.9. The summed E-state index contributed by atoms with van der Waals surface area (Å²) >= 11 is 0. The zero-order chi connectivity index (χ0) is 25.4. The number of amides is 2. The number of nitrogens with zero attached hydrogens (tertiary/aromatic N) is 5. The van der Waals surface area contributed by atoms with Crippen molar-refractivity contribution in [3.05, 3.63) is 41.7 Å². The zero-order valence-electron chi connectivity index (χ0n) is 21.0. The fraction of sp³-hybridized carbons (Fsp3) is 0.500. The van der Waals surface area contributed by atoms with Gasteiger partial charge in [0.2, 0.25) is 11.7 Å². The summed E-state index contributed by atoms with van der Waals surface area (Å²) in [7, 11) is 5.21. The van der Waals surface area contributed by atoms with Gasteiger partial charge in [0.05, 0.1) is 16.6 Å². The Morgan fingerprint density at radius 1 is 1.14 bits per heavy atom. The van der Waals surface area contributed by atoms with Crippen molar-refractivity contribution in [3.8, 4) is 0 Å². The van der Waals surface area contributed by atoms with Gasteiger partial charge in [0.15, 0.2) is 5.82 Å². The standard InChI is InChI=1S/C26H32N6O4/c1-30-11-9-27-25(30)23(34)17-8-5-10-32(14-17)26(35)19-12-18(28-21(33)15-36-3)13-20-22(19)31(2)24(29-20)16-6-4-7-16/h9,11-13,16-17H,4-8,10,14-15H2,1-3H3,(H,28,33)/t17-/m0/s1. The highest BCUT2D eigenvalue weighted by Gasteiger charge is 2.33. The summed E-state index contributed by atoms with van der Waals surface area (Å²) in [6, 6.07) is 3.53. The number of benzene rings is 1. The first-order valence-electron chi connectivity index (χ1n) is 12.5. The summed E-state index contributed by atoms with van der Waals surface area (Å²) in [4.78, 5) is 50.1. The van der Waals surface area contributed by atoms with Gasteiger partial charge in [0, 0.05) is 64.2 Å². The number of Topliss-reactive ketones (excluding diaryl/α,β-unsaturated/α-hetero) is 1. The van der Waals surface area contributed by atoms with Crippen LogP contribution in [0.15, 0.2) is 24.5 Å². The maximum atomic E-state index is 13.9. The summed E-state index contributed by atoms with van der Waals surface area (Å²) in [5.41, 5.74) is 2.41. The van der Waals surface area contributed by atoms with E-state index in [-0.39, 0.29) is 30.1 Å². The molecule has 1 atom stereocenters. The monoisotopic (exact) mass is 492 g/mol. The average Bonchev–Trinajstić information content (AvgIpc) is 3.40. The second-order valence-electron chi connectivity index (χ2n) is 9.85. The van der Waals surface area contributed by atoms with Crippen molar-refractivity contribution in [1.29, 1.82) is 0 Å². The second-order valence-corrected chi connectivity index (χ2v) is 9.85. The Hall–Kier alpha value is -3.53. The van der Waals surface area contributed by atoms with Crippen molar-refractivity contribution in [2.75, 3.05) is 32.1 Å². The predicted molar refractivity (Wildman–Crippen MR) is 134 cm³/mol. The van der Waals surface area contributed by atoms with E-state index in [1.165, 1.54) is 13.5 Å². The largest absolute Gasteiger partial charge is 0.375 e. The fourth-order valence-electron chi connectivity index (χ4n) is 5.30. The number of imidazole rings is 2. The molecule has 3 aromatic rings. The highest BCUT2D eigenvalue weighted by molar-refractivity contribution is 6.08. The fourth-order valence-corrected chi connectivity index (χ4v) is 5.30. The molecule has 1 aliphatic heterocycles. The molecule has 0 spiro atoms. The molecule has 0 radical (unpaired) electrons. The summed E-state index contributed by atoms with van der Waals surface area (Å²) in [6.45, 7) is 0.817. The molecule has 3 heterocycles.